The van der Waals surface area contributed by atoms with Crippen molar-refractivity contribution in [2.24, 2.45) is 5.92 Å². The van der Waals surface area contributed by atoms with E-state index in [0.717, 1.165) is 24.2 Å². The first-order valence-electron chi connectivity index (χ1n) is 6.39. The van der Waals surface area contributed by atoms with E-state index in [1.165, 1.54) is 0 Å². The third-order valence-corrected chi connectivity index (χ3v) is 3.30. The van der Waals surface area contributed by atoms with Crippen molar-refractivity contribution in [3.63, 3.8) is 0 Å². The van der Waals surface area contributed by atoms with Gasteiger partial charge in [-0.05, 0) is 36.1 Å². The molecule has 1 aliphatic heterocycles. The minimum Gasteiger partial charge on any atom is -0.480 e. The van der Waals surface area contributed by atoms with Crippen LogP contribution < -0.4 is 10.6 Å². The Hall–Kier alpha value is -2.04. The predicted molar refractivity (Wildman–Crippen MR) is 72.4 cm³/mol. The number of carbonyl (C=O) groups excluding carboxylic acids is 1. The molecule has 102 valence electrons. The highest BCUT2D eigenvalue weighted by Gasteiger charge is 2.24. The van der Waals surface area contributed by atoms with Crippen LogP contribution in [0.3, 0.4) is 0 Å². The van der Waals surface area contributed by atoms with Crippen molar-refractivity contribution in [3.05, 3.63) is 29.3 Å². The molecular weight excluding hydrogens is 244 g/mol. The average molecular weight is 262 g/mol. The molecule has 5 heteroatoms. The normalized spacial score (nSPS) is 14.7. The first-order chi connectivity index (χ1) is 8.99. The molecule has 1 heterocycles. The highest BCUT2D eigenvalue weighted by atomic mass is 16.4. The Morgan fingerprint density at radius 2 is 2.11 bits per heavy atom. The number of hydrogen-bond acceptors (Lipinski definition) is 3. The number of carbonyl (C=O) groups is 2. The topological polar surface area (TPSA) is 78.4 Å². The van der Waals surface area contributed by atoms with Gasteiger partial charge in [-0.3, -0.25) is 4.79 Å². The smallest absolute Gasteiger partial charge is 0.326 e. The van der Waals surface area contributed by atoms with Crippen LogP contribution >= 0.6 is 0 Å². The molecule has 0 fully saturated rings. The molecule has 0 aliphatic carbocycles. The molecule has 0 saturated carbocycles. The van der Waals surface area contributed by atoms with Crippen molar-refractivity contribution < 1.29 is 14.7 Å². The van der Waals surface area contributed by atoms with Gasteiger partial charge in [-0.25, -0.2) is 4.79 Å². The first kappa shape index (κ1) is 13.4. The minimum atomic E-state index is -1.01. The molecule has 0 bridgehead atoms. The van der Waals surface area contributed by atoms with Crippen molar-refractivity contribution in [1.29, 1.82) is 0 Å². The van der Waals surface area contributed by atoms with Crippen molar-refractivity contribution in [1.82, 2.24) is 5.32 Å². The molecule has 0 saturated heterocycles. The van der Waals surface area contributed by atoms with Crippen LogP contribution in [0.2, 0.25) is 0 Å². The molecule has 2 rings (SSSR count). The Balaban J connectivity index is 2.13. The summed E-state index contributed by atoms with van der Waals surface area (Å²) in [6.45, 7) is 4.42. The van der Waals surface area contributed by atoms with Gasteiger partial charge in [-0.2, -0.15) is 0 Å². The Kier molecular flexibility index (Phi) is 3.74. The number of hydrogen-bond donors (Lipinski definition) is 3. The lowest BCUT2D eigenvalue weighted by molar-refractivity contribution is -0.140. The average Bonchev–Trinajstić information content (AvgIpc) is 2.81. The number of rotatable bonds is 4. The Morgan fingerprint density at radius 1 is 1.37 bits per heavy atom. The summed E-state index contributed by atoms with van der Waals surface area (Å²) in [5.74, 6) is -1.50. The van der Waals surface area contributed by atoms with Crippen molar-refractivity contribution >= 4 is 17.6 Å². The Morgan fingerprint density at radius 3 is 2.74 bits per heavy atom. The van der Waals surface area contributed by atoms with E-state index in [4.69, 9.17) is 5.11 Å². The predicted octanol–water partition coefficient (Wildman–Crippen LogP) is 1.49. The quantitative estimate of drug-likeness (QED) is 0.768. The molecule has 1 aromatic carbocycles. The maximum atomic E-state index is 12.1. The summed E-state index contributed by atoms with van der Waals surface area (Å²) in [6, 6.07) is 4.54. The third-order valence-electron chi connectivity index (χ3n) is 3.30. The zero-order chi connectivity index (χ0) is 14.0. The zero-order valence-corrected chi connectivity index (χ0v) is 11.1. The summed E-state index contributed by atoms with van der Waals surface area (Å²) in [6.07, 6.45) is 0.892. The van der Waals surface area contributed by atoms with Crippen molar-refractivity contribution in [3.8, 4) is 0 Å². The van der Waals surface area contributed by atoms with Crippen LogP contribution in [0.15, 0.2) is 18.2 Å². The second-order valence-electron chi connectivity index (χ2n) is 5.08. The number of aliphatic carboxylic acids is 1. The lowest BCUT2D eigenvalue weighted by Gasteiger charge is -2.18. The molecular formula is C14H18N2O3. The molecule has 19 heavy (non-hydrogen) atoms. The lowest BCUT2D eigenvalue weighted by atomic mass is 10.0. The molecule has 0 unspecified atom stereocenters. The number of anilines is 1. The van der Waals surface area contributed by atoms with Gasteiger partial charge >= 0.3 is 5.97 Å². The molecule has 5 nitrogen and oxygen atoms in total. The standard InChI is InChI=1S/C14H18N2O3/c1-8(2)12(14(18)19)16-13(17)10-3-4-11-9(7-10)5-6-15-11/h3-4,7-8,12,15H,5-6H2,1-2H3,(H,16,17)(H,18,19)/t12-/m0/s1. The maximum Gasteiger partial charge on any atom is 0.326 e. The van der Waals surface area contributed by atoms with Crippen LogP contribution in [0, 0.1) is 5.92 Å². The van der Waals surface area contributed by atoms with Gasteiger partial charge in [0.05, 0.1) is 0 Å². The fourth-order valence-electron chi connectivity index (χ4n) is 2.18. The van der Waals surface area contributed by atoms with E-state index >= 15 is 0 Å². The summed E-state index contributed by atoms with van der Waals surface area (Å²) >= 11 is 0. The van der Waals surface area contributed by atoms with E-state index in [2.05, 4.69) is 10.6 Å². The molecule has 1 aromatic rings. The van der Waals surface area contributed by atoms with E-state index in [0.29, 0.717) is 5.56 Å². The van der Waals surface area contributed by atoms with Gasteiger partial charge in [0.15, 0.2) is 0 Å². The second kappa shape index (κ2) is 5.30. The van der Waals surface area contributed by atoms with Gasteiger partial charge in [0.25, 0.3) is 5.91 Å². The molecule has 1 amide bonds. The fraction of sp³-hybridized carbons (Fsp3) is 0.429. The van der Waals surface area contributed by atoms with Gasteiger partial charge in [-0.1, -0.05) is 13.8 Å². The van der Waals surface area contributed by atoms with Gasteiger partial charge in [-0.15, -0.1) is 0 Å². The molecule has 0 aromatic heterocycles. The van der Waals surface area contributed by atoms with Crippen LogP contribution in [0.25, 0.3) is 0 Å². The number of carboxylic acids is 1. The zero-order valence-electron chi connectivity index (χ0n) is 11.1. The molecule has 3 N–H and O–H groups in total. The Bertz CT molecular complexity index is 511. The van der Waals surface area contributed by atoms with Crippen LogP contribution in [0.4, 0.5) is 5.69 Å². The lowest BCUT2D eigenvalue weighted by Crippen LogP contribution is -2.44. The third kappa shape index (κ3) is 2.86. The highest BCUT2D eigenvalue weighted by molar-refractivity contribution is 5.97. The SMILES string of the molecule is CC(C)[C@H](NC(=O)c1ccc2c(c1)CCN2)C(=O)O. The monoisotopic (exact) mass is 262 g/mol. The number of nitrogens with one attached hydrogen (secondary N) is 2. The molecule has 0 spiro atoms. The van der Waals surface area contributed by atoms with E-state index in [9.17, 15) is 9.59 Å². The minimum absolute atomic E-state index is 0.155. The van der Waals surface area contributed by atoms with Crippen LogP contribution in [0.1, 0.15) is 29.8 Å². The molecule has 0 radical (unpaired) electrons. The second-order valence-corrected chi connectivity index (χ2v) is 5.08. The maximum absolute atomic E-state index is 12.1. The summed E-state index contributed by atoms with van der Waals surface area (Å²) < 4.78 is 0. The van der Waals surface area contributed by atoms with Crippen LogP contribution in [-0.2, 0) is 11.2 Å². The first-order valence-corrected chi connectivity index (χ1v) is 6.39. The van der Waals surface area contributed by atoms with Gasteiger partial charge < -0.3 is 15.7 Å². The van der Waals surface area contributed by atoms with Gasteiger partial charge in [0, 0.05) is 17.8 Å². The highest BCUT2D eigenvalue weighted by Crippen LogP contribution is 2.23. The van der Waals surface area contributed by atoms with Crippen LogP contribution in [0.5, 0.6) is 0 Å². The number of carboxylic acid groups (broad SMARTS) is 1. The fourth-order valence-corrected chi connectivity index (χ4v) is 2.18. The van der Waals surface area contributed by atoms with Crippen molar-refractivity contribution in [2.45, 2.75) is 26.3 Å². The summed E-state index contributed by atoms with van der Waals surface area (Å²) in [4.78, 5) is 23.1. The number of benzene rings is 1. The summed E-state index contributed by atoms with van der Waals surface area (Å²) in [7, 11) is 0. The van der Waals surface area contributed by atoms with E-state index in [1.54, 1.807) is 19.9 Å². The summed E-state index contributed by atoms with van der Waals surface area (Å²) in [5.41, 5.74) is 2.66. The Labute approximate surface area is 112 Å². The molecule has 1 aliphatic rings. The van der Waals surface area contributed by atoms with E-state index in [1.807, 2.05) is 12.1 Å². The largest absolute Gasteiger partial charge is 0.480 e. The molecule has 1 atom stereocenters. The van der Waals surface area contributed by atoms with Crippen LogP contribution in [-0.4, -0.2) is 29.6 Å². The van der Waals surface area contributed by atoms with Gasteiger partial charge in [0.2, 0.25) is 0 Å². The summed E-state index contributed by atoms with van der Waals surface area (Å²) in [5, 5.41) is 14.9. The van der Waals surface area contributed by atoms with E-state index < -0.39 is 12.0 Å². The van der Waals surface area contributed by atoms with Crippen molar-refractivity contribution in [2.75, 3.05) is 11.9 Å². The van der Waals surface area contributed by atoms with Gasteiger partial charge in [0.1, 0.15) is 6.04 Å². The number of amides is 1. The number of fused-ring (bicyclic) bond motifs is 1. The van der Waals surface area contributed by atoms with E-state index in [-0.39, 0.29) is 11.8 Å².